The number of nitrogens with one attached hydrogen (secondary N) is 1. The number of hydrogen-bond acceptors (Lipinski definition) is 7. The highest BCUT2D eigenvalue weighted by Gasteiger charge is 2.24. The summed E-state index contributed by atoms with van der Waals surface area (Å²) >= 11 is 0. The van der Waals surface area contributed by atoms with Crippen molar-refractivity contribution in [3.63, 3.8) is 0 Å². The van der Waals surface area contributed by atoms with E-state index in [9.17, 15) is 9.59 Å². The molecular formula is C29H44N6O3. The Morgan fingerprint density at radius 2 is 1.61 bits per heavy atom. The maximum Gasteiger partial charge on any atom is 0.252 e. The number of benzene rings is 1. The summed E-state index contributed by atoms with van der Waals surface area (Å²) in [5.41, 5.74) is 1.78. The predicted octanol–water partition coefficient (Wildman–Crippen LogP) is 3.50. The third-order valence-electron chi connectivity index (χ3n) is 7.64. The van der Waals surface area contributed by atoms with Crippen LogP contribution in [0, 0.1) is 0 Å². The second-order valence-electron chi connectivity index (χ2n) is 10.4. The molecule has 2 saturated heterocycles. The van der Waals surface area contributed by atoms with Crippen molar-refractivity contribution >= 4 is 17.5 Å². The van der Waals surface area contributed by atoms with Crippen LogP contribution in [0.1, 0.15) is 57.6 Å². The average molecular weight is 525 g/mol. The number of para-hydroxylation sites is 2. The molecule has 0 bridgehead atoms. The van der Waals surface area contributed by atoms with Gasteiger partial charge in [-0.2, -0.15) is 0 Å². The summed E-state index contributed by atoms with van der Waals surface area (Å²) in [6.07, 6.45) is 7.78. The van der Waals surface area contributed by atoms with Crippen molar-refractivity contribution in [1.29, 1.82) is 0 Å². The molecule has 0 aliphatic carbocycles. The lowest BCUT2D eigenvalue weighted by Crippen LogP contribution is -2.49. The lowest BCUT2D eigenvalue weighted by molar-refractivity contribution is -0.131. The highest BCUT2D eigenvalue weighted by molar-refractivity contribution is 5.76. The van der Waals surface area contributed by atoms with Gasteiger partial charge in [-0.25, -0.2) is 4.98 Å². The first kappa shape index (κ1) is 28.0. The number of nitrogens with zero attached hydrogens (tertiary/aromatic N) is 5. The van der Waals surface area contributed by atoms with Crippen LogP contribution in [0.3, 0.4) is 0 Å². The Kier molecular flexibility index (Phi) is 10.4. The van der Waals surface area contributed by atoms with Crippen LogP contribution in [0.4, 0.5) is 11.6 Å². The summed E-state index contributed by atoms with van der Waals surface area (Å²) < 4.78 is 5.53. The van der Waals surface area contributed by atoms with Crippen LogP contribution >= 0.6 is 0 Å². The molecule has 2 aromatic rings. The predicted molar refractivity (Wildman–Crippen MR) is 152 cm³/mol. The Labute approximate surface area is 226 Å². The van der Waals surface area contributed by atoms with Gasteiger partial charge in [0, 0.05) is 71.4 Å². The number of carbonyl (C=O) groups is 1. The van der Waals surface area contributed by atoms with E-state index in [4.69, 9.17) is 9.72 Å². The van der Waals surface area contributed by atoms with Gasteiger partial charge in [-0.3, -0.25) is 19.5 Å². The van der Waals surface area contributed by atoms with Crippen LogP contribution in [0.25, 0.3) is 0 Å². The van der Waals surface area contributed by atoms with Gasteiger partial charge in [0.05, 0.1) is 18.5 Å². The highest BCUT2D eigenvalue weighted by Crippen LogP contribution is 2.28. The Morgan fingerprint density at radius 1 is 0.921 bits per heavy atom. The van der Waals surface area contributed by atoms with E-state index in [1.165, 1.54) is 25.7 Å². The largest absolute Gasteiger partial charge is 0.495 e. The van der Waals surface area contributed by atoms with Crippen molar-refractivity contribution in [2.24, 2.45) is 0 Å². The van der Waals surface area contributed by atoms with Gasteiger partial charge < -0.3 is 19.4 Å². The third-order valence-corrected chi connectivity index (χ3v) is 7.64. The number of unbranched alkanes of at least 4 members (excludes halogenated alkanes) is 5. The van der Waals surface area contributed by atoms with Gasteiger partial charge in [0.2, 0.25) is 11.9 Å². The maximum atomic E-state index is 12.6. The Morgan fingerprint density at radius 3 is 2.34 bits per heavy atom. The molecule has 1 amide bonds. The summed E-state index contributed by atoms with van der Waals surface area (Å²) in [5, 5.41) is 0. The minimum absolute atomic E-state index is 0.126. The number of hydrogen-bond donors (Lipinski definition) is 1. The fourth-order valence-corrected chi connectivity index (χ4v) is 5.37. The van der Waals surface area contributed by atoms with Crippen molar-refractivity contribution in [1.82, 2.24) is 19.8 Å². The highest BCUT2D eigenvalue weighted by atomic mass is 16.5. The standard InChI is InChI=1S/C29H44N6O3/c1-3-4-5-6-7-8-13-28(37)34-18-20-35(21-19-34)29-30-24(22-27(36)31-29)23-32-14-16-33(17-15-32)25-11-9-10-12-26(25)38-2/h9-12,22H,3-8,13-21,23H2,1-2H3,(H,30,31,36). The van der Waals surface area contributed by atoms with Crippen molar-refractivity contribution in [2.75, 3.05) is 69.3 Å². The van der Waals surface area contributed by atoms with Crippen LogP contribution < -0.4 is 20.1 Å². The minimum Gasteiger partial charge on any atom is -0.495 e. The Bertz CT molecular complexity index is 1070. The molecule has 9 heteroatoms. The molecule has 0 saturated carbocycles. The molecule has 2 aliphatic rings. The van der Waals surface area contributed by atoms with Gasteiger partial charge in [-0.1, -0.05) is 51.2 Å². The van der Waals surface area contributed by atoms with E-state index < -0.39 is 0 Å². The van der Waals surface area contributed by atoms with Crippen LogP contribution in [0.5, 0.6) is 5.75 Å². The molecule has 208 valence electrons. The number of aromatic amines is 1. The zero-order valence-corrected chi connectivity index (χ0v) is 23.2. The summed E-state index contributed by atoms with van der Waals surface area (Å²) in [6.45, 7) is 9.16. The average Bonchev–Trinajstić information content (AvgIpc) is 2.95. The number of anilines is 2. The van der Waals surface area contributed by atoms with Gasteiger partial charge in [-0.15, -0.1) is 0 Å². The van der Waals surface area contributed by atoms with E-state index >= 15 is 0 Å². The minimum atomic E-state index is -0.126. The molecule has 0 spiro atoms. The first-order chi connectivity index (χ1) is 18.6. The first-order valence-corrected chi connectivity index (χ1v) is 14.3. The van der Waals surface area contributed by atoms with Gasteiger partial charge in [0.25, 0.3) is 5.56 Å². The number of amides is 1. The van der Waals surface area contributed by atoms with E-state index in [0.29, 0.717) is 45.1 Å². The van der Waals surface area contributed by atoms with E-state index in [-0.39, 0.29) is 11.5 Å². The number of H-pyrrole nitrogens is 1. The van der Waals surface area contributed by atoms with Gasteiger partial charge in [0.1, 0.15) is 5.75 Å². The lowest BCUT2D eigenvalue weighted by Gasteiger charge is -2.37. The molecule has 9 nitrogen and oxygen atoms in total. The molecule has 2 fully saturated rings. The molecule has 4 rings (SSSR count). The van der Waals surface area contributed by atoms with Crippen molar-refractivity contribution < 1.29 is 9.53 Å². The second-order valence-corrected chi connectivity index (χ2v) is 10.4. The second kappa shape index (κ2) is 14.2. The molecule has 1 aromatic heterocycles. The summed E-state index contributed by atoms with van der Waals surface area (Å²) in [6, 6.07) is 9.73. The van der Waals surface area contributed by atoms with Gasteiger partial charge in [0.15, 0.2) is 0 Å². The molecule has 0 radical (unpaired) electrons. The summed E-state index contributed by atoms with van der Waals surface area (Å²) in [4.78, 5) is 41.6. The normalized spacial score (nSPS) is 16.6. The quantitative estimate of drug-likeness (QED) is 0.426. The fourth-order valence-electron chi connectivity index (χ4n) is 5.37. The number of ether oxygens (including phenoxy) is 1. The Hall–Kier alpha value is -3.07. The fraction of sp³-hybridized carbons (Fsp3) is 0.621. The number of piperazine rings is 2. The molecule has 0 unspecified atom stereocenters. The third kappa shape index (κ3) is 7.72. The van der Waals surface area contributed by atoms with E-state index in [1.807, 2.05) is 23.1 Å². The Balaban J connectivity index is 1.24. The van der Waals surface area contributed by atoms with Crippen LogP contribution in [-0.2, 0) is 11.3 Å². The van der Waals surface area contributed by atoms with Crippen molar-refractivity contribution in [3.05, 3.63) is 46.4 Å². The zero-order valence-electron chi connectivity index (χ0n) is 23.2. The van der Waals surface area contributed by atoms with E-state index in [0.717, 1.165) is 56.2 Å². The maximum absolute atomic E-state index is 12.6. The van der Waals surface area contributed by atoms with Gasteiger partial charge in [-0.05, 0) is 18.6 Å². The monoisotopic (exact) mass is 524 g/mol. The molecular weight excluding hydrogens is 480 g/mol. The molecule has 3 heterocycles. The number of aromatic nitrogens is 2. The summed E-state index contributed by atoms with van der Waals surface area (Å²) in [7, 11) is 1.71. The summed E-state index contributed by atoms with van der Waals surface area (Å²) in [5.74, 6) is 1.76. The zero-order chi connectivity index (χ0) is 26.7. The molecule has 1 N–H and O–H groups in total. The molecule has 0 atom stereocenters. The SMILES string of the molecule is CCCCCCCCC(=O)N1CCN(c2nc(CN3CCN(c4ccccc4OC)CC3)cc(=O)[nH]2)CC1. The van der Waals surface area contributed by atoms with Gasteiger partial charge >= 0.3 is 0 Å². The van der Waals surface area contributed by atoms with Crippen molar-refractivity contribution in [2.45, 2.75) is 58.4 Å². The molecule has 1 aromatic carbocycles. The number of carbonyl (C=O) groups excluding carboxylic acids is 1. The van der Waals surface area contributed by atoms with Crippen molar-refractivity contribution in [3.8, 4) is 5.75 Å². The number of methoxy groups -OCH3 is 1. The smallest absolute Gasteiger partial charge is 0.252 e. The lowest BCUT2D eigenvalue weighted by atomic mass is 10.1. The molecule has 2 aliphatic heterocycles. The molecule has 38 heavy (non-hydrogen) atoms. The van der Waals surface area contributed by atoms with Crippen LogP contribution in [0.2, 0.25) is 0 Å². The topological polar surface area (TPSA) is 85.0 Å². The first-order valence-electron chi connectivity index (χ1n) is 14.3. The van der Waals surface area contributed by atoms with E-state index in [1.54, 1.807) is 13.2 Å². The number of rotatable bonds is 12. The van der Waals surface area contributed by atoms with E-state index in [2.05, 4.69) is 32.7 Å². The van der Waals surface area contributed by atoms with Crippen LogP contribution in [0.15, 0.2) is 35.1 Å². The van der Waals surface area contributed by atoms with Crippen LogP contribution in [-0.4, -0.2) is 85.1 Å².